The molecule has 0 aromatic heterocycles. The lowest BCUT2D eigenvalue weighted by Gasteiger charge is -2.60. The number of non-ortho nitro benzene ring substituents is 1. The maximum Gasteiger partial charge on any atom is 0.269 e. The highest BCUT2D eigenvalue weighted by Gasteiger charge is 2.65. The molecule has 2 heterocycles. The Morgan fingerprint density at radius 2 is 1.64 bits per heavy atom. The van der Waals surface area contributed by atoms with Gasteiger partial charge in [0, 0.05) is 55.4 Å². The number of nitrogens with zero attached hydrogens (tertiary/aromatic N) is 3. The number of benzene rings is 5. The molecule has 1 saturated carbocycles. The van der Waals surface area contributed by atoms with Gasteiger partial charge in [0.05, 0.1) is 23.2 Å². The second kappa shape index (κ2) is 21.3. The van der Waals surface area contributed by atoms with Gasteiger partial charge in [0.25, 0.3) is 11.6 Å². The number of aliphatic hydroxyl groups is 2. The van der Waals surface area contributed by atoms with Crippen LogP contribution in [0.15, 0.2) is 133 Å². The van der Waals surface area contributed by atoms with Gasteiger partial charge in [0.1, 0.15) is 29.9 Å². The summed E-state index contributed by atoms with van der Waals surface area (Å²) in [5, 5.41) is 38.6. The average molecular weight is 938 g/mol. The van der Waals surface area contributed by atoms with Crippen LogP contribution in [-0.2, 0) is 16.2 Å². The summed E-state index contributed by atoms with van der Waals surface area (Å²) in [6.07, 6.45) is 9.18. The molecule has 2 aliphatic heterocycles. The van der Waals surface area contributed by atoms with Crippen LogP contribution in [0.5, 0.6) is 28.7 Å². The van der Waals surface area contributed by atoms with E-state index in [-0.39, 0.29) is 69.0 Å². The molecule has 5 aromatic carbocycles. The highest BCUT2D eigenvalue weighted by atomic mass is 16.7. The van der Waals surface area contributed by atoms with Crippen molar-refractivity contribution in [1.29, 1.82) is 0 Å². The van der Waals surface area contributed by atoms with Crippen LogP contribution in [0.25, 0.3) is 10.8 Å². The minimum absolute atomic E-state index is 0.000480. The number of oxime groups is 1. The third-order valence-corrected chi connectivity index (χ3v) is 13.9. The maximum absolute atomic E-state index is 15.2. The van der Waals surface area contributed by atoms with E-state index in [1.165, 1.54) is 12.1 Å². The summed E-state index contributed by atoms with van der Waals surface area (Å²) in [7, 11) is 0. The number of hydrogen-bond acceptors (Lipinski definition) is 12. The number of carbonyl (C=O) groups is 1. The highest BCUT2D eigenvalue weighted by Crippen LogP contribution is 2.62. The van der Waals surface area contributed by atoms with Gasteiger partial charge < -0.3 is 43.6 Å². The first-order chi connectivity index (χ1) is 33.7. The average Bonchev–Trinajstić information content (AvgIpc) is 3.85. The first-order valence-corrected chi connectivity index (χ1v) is 24.1. The fraction of sp³-hybridized carbons (Fsp3) is 0.382. The topological polar surface area (TPSA) is 172 Å². The Bertz CT molecular complexity index is 2720. The number of amides is 1. The summed E-state index contributed by atoms with van der Waals surface area (Å²) in [5.41, 5.74) is 3.53. The minimum atomic E-state index is -1.47. The van der Waals surface area contributed by atoms with E-state index in [4.69, 9.17) is 33.7 Å². The fourth-order valence-electron chi connectivity index (χ4n) is 10.8. The summed E-state index contributed by atoms with van der Waals surface area (Å²) in [4.78, 5) is 34.3. The van der Waals surface area contributed by atoms with Crippen LogP contribution in [0.1, 0.15) is 85.7 Å². The Balaban J connectivity index is 1.22. The maximum atomic E-state index is 15.2. The lowest BCUT2D eigenvalue weighted by atomic mass is 9.55. The standard InChI is InChI=1S/C55H59N3O11/c1-3-25-57(54(61)40-18-23-49-50(31-40)65-35-64-49)51-33-47(56-67-34-36-15-19-41(20-16-36)58(62)63)45-30-39(13-7-9-26-59)44(14-8-10-27-60)52-46-32-43(68-42-21-17-37-11-5-6-12-38(37)29-42)22-24-48(46)69-55(51,53(45)52)66-28-4-2/h4-6,11-12,15-24,29-32,39,44,51-53,59-60H,2-3,7-10,13-14,25-28,33-35H2,1H3. The van der Waals surface area contributed by atoms with Crippen molar-refractivity contribution in [2.75, 3.05) is 33.2 Å². The molecule has 14 nitrogen and oxygen atoms in total. The quantitative estimate of drug-likeness (QED) is 0.0310. The first-order valence-electron chi connectivity index (χ1n) is 24.1. The van der Waals surface area contributed by atoms with Crippen LogP contribution < -0.4 is 18.9 Å². The first kappa shape index (κ1) is 47.3. The van der Waals surface area contributed by atoms with Crippen molar-refractivity contribution in [3.05, 3.63) is 154 Å². The second-order valence-electron chi connectivity index (χ2n) is 18.1. The van der Waals surface area contributed by atoms with Crippen molar-refractivity contribution >= 4 is 28.1 Å². The van der Waals surface area contributed by atoms with Crippen LogP contribution in [-0.4, -0.2) is 76.6 Å². The summed E-state index contributed by atoms with van der Waals surface area (Å²) >= 11 is 0. The van der Waals surface area contributed by atoms with Crippen molar-refractivity contribution in [2.24, 2.45) is 22.9 Å². The van der Waals surface area contributed by atoms with E-state index in [1.54, 1.807) is 36.4 Å². The van der Waals surface area contributed by atoms with E-state index < -0.39 is 22.7 Å². The number of nitro groups is 1. The van der Waals surface area contributed by atoms with Gasteiger partial charge in [0.15, 0.2) is 11.5 Å². The summed E-state index contributed by atoms with van der Waals surface area (Å²) in [6.45, 7) is 6.79. The van der Waals surface area contributed by atoms with Crippen LogP contribution in [0, 0.1) is 27.9 Å². The predicted molar refractivity (Wildman–Crippen MR) is 261 cm³/mol. The Labute approximate surface area is 401 Å². The normalized spacial score (nSPS) is 22.5. The zero-order valence-corrected chi connectivity index (χ0v) is 38.9. The zero-order valence-electron chi connectivity index (χ0n) is 38.9. The molecule has 1 fully saturated rings. The van der Waals surface area contributed by atoms with Crippen molar-refractivity contribution in [3.63, 3.8) is 0 Å². The number of carbonyl (C=O) groups excluding carboxylic acids is 1. The van der Waals surface area contributed by atoms with Crippen LogP contribution in [0.2, 0.25) is 0 Å². The largest absolute Gasteiger partial charge is 0.459 e. The molecule has 9 rings (SSSR count). The number of unbranched alkanes of at least 4 members (excludes halogenated alkanes) is 2. The third kappa shape index (κ3) is 9.79. The predicted octanol–water partition coefficient (Wildman–Crippen LogP) is 10.7. The SMILES string of the molecule is C=CCOC12Oc3ccc(Oc4ccc5ccccc5c4)cc3C3C(CCCCO)C(CCCCO)C=C(C(=NOCc4ccc([N+](=O)[O-])cc4)CC1N(CCC)C(=O)c1ccc4c(c1)OCO4)C32. The summed E-state index contributed by atoms with van der Waals surface area (Å²) in [6, 6.07) is 30.7. The van der Waals surface area contributed by atoms with Crippen molar-refractivity contribution < 1.29 is 48.5 Å². The molecule has 0 bridgehead atoms. The van der Waals surface area contributed by atoms with E-state index >= 15 is 4.79 Å². The van der Waals surface area contributed by atoms with Crippen LogP contribution in [0.4, 0.5) is 5.69 Å². The summed E-state index contributed by atoms with van der Waals surface area (Å²) in [5.74, 6) is 0.459. The van der Waals surface area contributed by atoms with Crippen molar-refractivity contribution in [2.45, 2.75) is 82.6 Å². The van der Waals surface area contributed by atoms with Gasteiger partial charge in [-0.25, -0.2) is 0 Å². The number of aliphatic hydroxyl groups excluding tert-OH is 2. The van der Waals surface area contributed by atoms with E-state index in [0.717, 1.165) is 47.6 Å². The number of hydrogen-bond donors (Lipinski definition) is 2. The van der Waals surface area contributed by atoms with E-state index in [0.29, 0.717) is 71.4 Å². The van der Waals surface area contributed by atoms with Gasteiger partial charge in [-0.2, -0.15) is 0 Å². The Morgan fingerprint density at radius 1 is 0.899 bits per heavy atom. The van der Waals surface area contributed by atoms with E-state index in [9.17, 15) is 20.3 Å². The van der Waals surface area contributed by atoms with Gasteiger partial charge >= 0.3 is 0 Å². The van der Waals surface area contributed by atoms with Gasteiger partial charge in [-0.1, -0.05) is 67.4 Å². The number of rotatable bonds is 21. The fourth-order valence-corrected chi connectivity index (χ4v) is 10.8. The number of fused-ring (bicyclic) bond motifs is 4. The molecule has 69 heavy (non-hydrogen) atoms. The molecule has 0 saturated heterocycles. The third-order valence-electron chi connectivity index (χ3n) is 13.9. The lowest BCUT2D eigenvalue weighted by Crippen LogP contribution is -2.70. The number of nitro benzene ring substituents is 1. The Morgan fingerprint density at radius 3 is 2.41 bits per heavy atom. The number of allylic oxidation sites excluding steroid dienone is 1. The molecule has 1 amide bonds. The zero-order chi connectivity index (χ0) is 47.9. The van der Waals surface area contributed by atoms with Crippen LogP contribution in [0.3, 0.4) is 0 Å². The molecule has 14 heteroatoms. The van der Waals surface area contributed by atoms with Gasteiger partial charge in [0.2, 0.25) is 12.6 Å². The van der Waals surface area contributed by atoms with E-state index in [2.05, 4.69) is 30.9 Å². The van der Waals surface area contributed by atoms with Crippen molar-refractivity contribution in [3.8, 4) is 28.7 Å². The second-order valence-corrected chi connectivity index (χ2v) is 18.1. The van der Waals surface area contributed by atoms with E-state index in [1.807, 2.05) is 54.3 Å². The lowest BCUT2D eigenvalue weighted by molar-refractivity contribution is -0.384. The Kier molecular flexibility index (Phi) is 14.6. The highest BCUT2D eigenvalue weighted by molar-refractivity contribution is 6.03. The smallest absolute Gasteiger partial charge is 0.269 e. The summed E-state index contributed by atoms with van der Waals surface area (Å²) < 4.78 is 32.6. The van der Waals surface area contributed by atoms with Gasteiger partial charge in [-0.05, 0) is 127 Å². The molecule has 6 atom stereocenters. The molecule has 4 aliphatic rings. The minimum Gasteiger partial charge on any atom is -0.459 e. The van der Waals surface area contributed by atoms with Crippen molar-refractivity contribution in [1.82, 2.24) is 4.90 Å². The van der Waals surface area contributed by atoms with Gasteiger partial charge in [-0.15, -0.1) is 6.58 Å². The molecule has 360 valence electrons. The molecule has 0 spiro atoms. The molecule has 5 aromatic rings. The number of ether oxygens (including phenoxy) is 5. The van der Waals surface area contributed by atoms with Gasteiger partial charge in [-0.3, -0.25) is 14.9 Å². The molecule has 0 radical (unpaired) electrons. The molecular weight excluding hydrogens is 879 g/mol. The molecule has 2 N–H and O–H groups in total. The Hall–Kier alpha value is -6.74. The molecular formula is C55H59N3O11. The molecule has 2 aliphatic carbocycles. The monoisotopic (exact) mass is 937 g/mol. The molecule has 6 unspecified atom stereocenters. The van der Waals surface area contributed by atoms with Crippen LogP contribution >= 0.6 is 0 Å².